The number of hydrogen-bond acceptors (Lipinski definition) is 1. The minimum atomic E-state index is 0.962. The average molecular weight is 266 g/mol. The first-order valence-corrected chi connectivity index (χ1v) is 8.46. The Balaban J connectivity index is 3.74. The zero-order valence-corrected chi connectivity index (χ0v) is 13.5. The first-order valence-electron chi connectivity index (χ1n) is 8.46. The lowest BCUT2D eigenvalue weighted by atomic mass is 9.96. The van der Waals surface area contributed by atoms with E-state index in [1.54, 1.807) is 0 Å². The van der Waals surface area contributed by atoms with E-state index in [4.69, 9.17) is 0 Å². The van der Waals surface area contributed by atoms with Gasteiger partial charge in [-0.25, -0.2) is 0 Å². The van der Waals surface area contributed by atoms with Gasteiger partial charge in [-0.2, -0.15) is 0 Å². The van der Waals surface area contributed by atoms with E-state index in [2.05, 4.69) is 20.8 Å². The number of aldehydes is 1. The van der Waals surface area contributed by atoms with Crippen molar-refractivity contribution >= 4 is 6.29 Å². The summed E-state index contributed by atoms with van der Waals surface area (Å²) in [6, 6.07) is 0. The SMILES string of the molecule is CCCCCCCCCC/C(CC)=C(\C=O)CCC. The highest BCUT2D eigenvalue weighted by molar-refractivity contribution is 5.74. The molecule has 0 heterocycles. The third kappa shape index (κ3) is 9.92. The molecule has 19 heavy (non-hydrogen) atoms. The summed E-state index contributed by atoms with van der Waals surface area (Å²) in [6.07, 6.45) is 16.2. The Labute approximate surface area is 120 Å². The smallest absolute Gasteiger partial charge is 0.145 e. The van der Waals surface area contributed by atoms with Crippen molar-refractivity contribution in [2.45, 2.75) is 97.8 Å². The fourth-order valence-corrected chi connectivity index (χ4v) is 2.63. The van der Waals surface area contributed by atoms with Gasteiger partial charge in [-0.15, -0.1) is 0 Å². The Hall–Kier alpha value is -0.590. The molecule has 0 radical (unpaired) electrons. The molecule has 0 rings (SSSR count). The Bertz CT molecular complexity index is 240. The monoisotopic (exact) mass is 266 g/mol. The molecular formula is C18H34O. The van der Waals surface area contributed by atoms with Gasteiger partial charge >= 0.3 is 0 Å². The van der Waals surface area contributed by atoms with Crippen LogP contribution in [0.4, 0.5) is 0 Å². The van der Waals surface area contributed by atoms with E-state index in [1.165, 1.54) is 56.9 Å². The number of unbranched alkanes of at least 4 members (excludes halogenated alkanes) is 7. The van der Waals surface area contributed by atoms with E-state index in [0.717, 1.165) is 37.5 Å². The Morgan fingerprint density at radius 3 is 1.79 bits per heavy atom. The topological polar surface area (TPSA) is 17.1 Å². The van der Waals surface area contributed by atoms with Crippen molar-refractivity contribution in [1.82, 2.24) is 0 Å². The van der Waals surface area contributed by atoms with Crippen molar-refractivity contribution in [2.75, 3.05) is 0 Å². The molecule has 0 amide bonds. The van der Waals surface area contributed by atoms with Crippen LogP contribution in [0.15, 0.2) is 11.1 Å². The minimum Gasteiger partial charge on any atom is -0.298 e. The Morgan fingerprint density at radius 1 is 0.737 bits per heavy atom. The molecule has 0 aromatic carbocycles. The van der Waals surface area contributed by atoms with E-state index in [0.29, 0.717) is 0 Å². The summed E-state index contributed by atoms with van der Waals surface area (Å²) < 4.78 is 0. The lowest BCUT2D eigenvalue weighted by molar-refractivity contribution is -0.105. The van der Waals surface area contributed by atoms with Crippen LogP contribution in [0.3, 0.4) is 0 Å². The van der Waals surface area contributed by atoms with Gasteiger partial charge in [-0.3, -0.25) is 4.79 Å². The molecule has 112 valence electrons. The molecule has 0 fully saturated rings. The van der Waals surface area contributed by atoms with Gasteiger partial charge in [0.1, 0.15) is 6.29 Å². The van der Waals surface area contributed by atoms with Crippen LogP contribution in [0.2, 0.25) is 0 Å². The lowest BCUT2D eigenvalue weighted by Crippen LogP contribution is -1.94. The zero-order valence-electron chi connectivity index (χ0n) is 13.5. The zero-order chi connectivity index (χ0) is 14.3. The third-order valence-corrected chi connectivity index (χ3v) is 3.87. The summed E-state index contributed by atoms with van der Waals surface area (Å²) >= 11 is 0. The molecule has 0 saturated heterocycles. The summed E-state index contributed by atoms with van der Waals surface area (Å²) in [5.41, 5.74) is 2.48. The fourth-order valence-electron chi connectivity index (χ4n) is 2.63. The van der Waals surface area contributed by atoms with Gasteiger partial charge in [0.05, 0.1) is 0 Å². The van der Waals surface area contributed by atoms with Gasteiger partial charge in [-0.05, 0) is 31.3 Å². The van der Waals surface area contributed by atoms with E-state index >= 15 is 0 Å². The maximum absolute atomic E-state index is 11.1. The summed E-state index contributed by atoms with van der Waals surface area (Å²) in [5.74, 6) is 0. The van der Waals surface area contributed by atoms with Crippen LogP contribution in [0, 0.1) is 0 Å². The first-order chi connectivity index (χ1) is 9.29. The molecule has 0 spiro atoms. The van der Waals surface area contributed by atoms with Crippen molar-refractivity contribution in [3.8, 4) is 0 Å². The second-order valence-corrected chi connectivity index (χ2v) is 5.58. The third-order valence-electron chi connectivity index (χ3n) is 3.87. The predicted molar refractivity (Wildman–Crippen MR) is 85.5 cm³/mol. The van der Waals surface area contributed by atoms with Crippen LogP contribution in [0.5, 0.6) is 0 Å². The van der Waals surface area contributed by atoms with Crippen LogP contribution < -0.4 is 0 Å². The van der Waals surface area contributed by atoms with Gasteiger partial charge in [0, 0.05) is 0 Å². The van der Waals surface area contributed by atoms with Gasteiger partial charge < -0.3 is 0 Å². The van der Waals surface area contributed by atoms with Crippen molar-refractivity contribution < 1.29 is 4.79 Å². The quantitative estimate of drug-likeness (QED) is 0.219. The molecule has 0 unspecified atom stereocenters. The molecule has 0 aromatic heterocycles. The number of allylic oxidation sites excluding steroid dienone is 2. The highest BCUT2D eigenvalue weighted by Gasteiger charge is 2.03. The van der Waals surface area contributed by atoms with E-state index in [9.17, 15) is 4.79 Å². The summed E-state index contributed by atoms with van der Waals surface area (Å²) in [7, 11) is 0. The molecule has 0 aliphatic heterocycles. The molecule has 0 aliphatic carbocycles. The molecule has 0 aromatic rings. The lowest BCUT2D eigenvalue weighted by Gasteiger charge is -2.09. The van der Waals surface area contributed by atoms with Crippen molar-refractivity contribution in [2.24, 2.45) is 0 Å². The molecule has 0 atom stereocenters. The second kappa shape index (κ2) is 13.8. The molecular weight excluding hydrogens is 232 g/mol. The normalized spacial score (nSPS) is 12.4. The second-order valence-electron chi connectivity index (χ2n) is 5.58. The molecule has 0 bridgehead atoms. The maximum Gasteiger partial charge on any atom is 0.145 e. The van der Waals surface area contributed by atoms with E-state index in [-0.39, 0.29) is 0 Å². The number of carbonyl (C=O) groups excluding carboxylic acids is 1. The summed E-state index contributed by atoms with van der Waals surface area (Å²) in [6.45, 7) is 6.59. The predicted octanol–water partition coefficient (Wildman–Crippen LogP) is 6.22. The van der Waals surface area contributed by atoms with Gasteiger partial charge in [0.15, 0.2) is 0 Å². The maximum atomic E-state index is 11.1. The van der Waals surface area contributed by atoms with E-state index in [1.807, 2.05) is 0 Å². The molecule has 0 saturated carbocycles. The number of carbonyl (C=O) groups is 1. The van der Waals surface area contributed by atoms with Crippen LogP contribution in [-0.4, -0.2) is 6.29 Å². The Morgan fingerprint density at radius 2 is 1.32 bits per heavy atom. The summed E-state index contributed by atoms with van der Waals surface area (Å²) in [4.78, 5) is 11.1. The highest BCUT2D eigenvalue weighted by Crippen LogP contribution is 2.20. The van der Waals surface area contributed by atoms with E-state index < -0.39 is 0 Å². The number of hydrogen-bond donors (Lipinski definition) is 0. The van der Waals surface area contributed by atoms with Gasteiger partial charge in [0.2, 0.25) is 0 Å². The number of rotatable bonds is 13. The standard InChI is InChI=1S/C18H34O/c1-4-7-8-9-10-11-12-13-15-17(6-3)18(16-19)14-5-2/h16H,4-15H2,1-3H3/b18-17-. The molecule has 1 nitrogen and oxygen atoms in total. The molecule has 0 aliphatic rings. The Kier molecular flexibility index (Phi) is 13.4. The van der Waals surface area contributed by atoms with Gasteiger partial charge in [-0.1, -0.05) is 77.7 Å². The fraction of sp³-hybridized carbons (Fsp3) is 0.833. The van der Waals surface area contributed by atoms with Crippen LogP contribution in [-0.2, 0) is 4.79 Å². The van der Waals surface area contributed by atoms with Crippen molar-refractivity contribution in [3.05, 3.63) is 11.1 Å². The van der Waals surface area contributed by atoms with Crippen LogP contribution in [0.25, 0.3) is 0 Å². The van der Waals surface area contributed by atoms with Gasteiger partial charge in [0.25, 0.3) is 0 Å². The molecule has 1 heteroatoms. The summed E-state index contributed by atoms with van der Waals surface area (Å²) in [5, 5.41) is 0. The molecule has 0 N–H and O–H groups in total. The average Bonchev–Trinajstić information content (AvgIpc) is 2.44. The highest BCUT2D eigenvalue weighted by atomic mass is 16.1. The van der Waals surface area contributed by atoms with Crippen molar-refractivity contribution in [1.29, 1.82) is 0 Å². The minimum absolute atomic E-state index is 0.962. The largest absolute Gasteiger partial charge is 0.298 e. The van der Waals surface area contributed by atoms with Crippen molar-refractivity contribution in [3.63, 3.8) is 0 Å². The van der Waals surface area contributed by atoms with Crippen LogP contribution in [0.1, 0.15) is 97.8 Å². The first kappa shape index (κ1) is 18.4. The van der Waals surface area contributed by atoms with Crippen LogP contribution >= 0.6 is 0 Å².